The number of carbonyl (C=O) groups is 2. The molecular formula is C30H32BrClN2O2. The summed E-state index contributed by atoms with van der Waals surface area (Å²) in [5.41, 5.74) is 2.82. The summed E-state index contributed by atoms with van der Waals surface area (Å²) < 4.78 is 0.938. The SMILES string of the molecule is O=C(NC1CCCCC1)[C@H](Cc1ccccc1)N(Cc1cccc(Br)c1)C(=O)Cc1cccc(Cl)c1. The van der Waals surface area contributed by atoms with Crippen LogP contribution < -0.4 is 5.32 Å². The van der Waals surface area contributed by atoms with Gasteiger partial charge in [0.25, 0.3) is 0 Å². The number of nitrogens with one attached hydrogen (secondary N) is 1. The van der Waals surface area contributed by atoms with Gasteiger partial charge in [-0.25, -0.2) is 0 Å². The van der Waals surface area contributed by atoms with Crippen LogP contribution in [0.2, 0.25) is 5.02 Å². The third kappa shape index (κ3) is 7.68. The van der Waals surface area contributed by atoms with Crippen LogP contribution in [0.3, 0.4) is 0 Å². The molecule has 0 unspecified atom stereocenters. The maximum Gasteiger partial charge on any atom is 0.243 e. The van der Waals surface area contributed by atoms with E-state index in [0.29, 0.717) is 18.0 Å². The minimum atomic E-state index is -0.625. The Morgan fingerprint density at radius 3 is 2.31 bits per heavy atom. The summed E-state index contributed by atoms with van der Waals surface area (Å²) in [4.78, 5) is 29.4. The van der Waals surface area contributed by atoms with Gasteiger partial charge in [0, 0.05) is 28.5 Å². The average molecular weight is 568 g/mol. The maximum absolute atomic E-state index is 13.8. The van der Waals surface area contributed by atoms with E-state index in [0.717, 1.165) is 46.8 Å². The first-order valence-electron chi connectivity index (χ1n) is 12.6. The molecule has 36 heavy (non-hydrogen) atoms. The van der Waals surface area contributed by atoms with E-state index in [1.54, 1.807) is 11.0 Å². The highest BCUT2D eigenvalue weighted by molar-refractivity contribution is 9.10. The lowest BCUT2D eigenvalue weighted by Gasteiger charge is -2.33. The van der Waals surface area contributed by atoms with Crippen LogP contribution in [0.25, 0.3) is 0 Å². The molecule has 0 aliphatic heterocycles. The van der Waals surface area contributed by atoms with Gasteiger partial charge < -0.3 is 10.2 Å². The number of hydrogen-bond donors (Lipinski definition) is 1. The topological polar surface area (TPSA) is 49.4 Å². The Kier molecular flexibility index (Phi) is 9.60. The Labute approximate surface area is 227 Å². The van der Waals surface area contributed by atoms with Crippen molar-refractivity contribution in [3.8, 4) is 0 Å². The molecule has 0 saturated heterocycles. The second kappa shape index (κ2) is 13.1. The van der Waals surface area contributed by atoms with E-state index in [4.69, 9.17) is 11.6 Å². The maximum atomic E-state index is 13.8. The van der Waals surface area contributed by atoms with Crippen LogP contribution in [0.15, 0.2) is 83.3 Å². The van der Waals surface area contributed by atoms with Crippen LogP contribution in [0.5, 0.6) is 0 Å². The normalized spacial score (nSPS) is 14.7. The predicted molar refractivity (Wildman–Crippen MR) is 149 cm³/mol. The van der Waals surface area contributed by atoms with Gasteiger partial charge >= 0.3 is 0 Å². The van der Waals surface area contributed by atoms with Crippen molar-refractivity contribution in [1.29, 1.82) is 0 Å². The van der Waals surface area contributed by atoms with E-state index in [2.05, 4.69) is 21.2 Å². The molecule has 4 nitrogen and oxygen atoms in total. The smallest absolute Gasteiger partial charge is 0.243 e. The molecule has 0 radical (unpaired) electrons. The van der Waals surface area contributed by atoms with Crippen molar-refractivity contribution in [2.75, 3.05) is 0 Å². The summed E-state index contributed by atoms with van der Waals surface area (Å²) in [6.45, 7) is 0.342. The summed E-state index contributed by atoms with van der Waals surface area (Å²) in [6.07, 6.45) is 6.09. The zero-order chi connectivity index (χ0) is 25.3. The molecule has 1 fully saturated rings. The standard InChI is InChI=1S/C30H32BrClN2O2/c31-25-13-7-12-24(17-25)21-34(29(35)20-23-11-8-14-26(32)18-23)28(19-22-9-3-1-4-10-22)30(36)33-27-15-5-2-6-16-27/h1,3-4,7-14,17-18,27-28H,2,5-6,15-16,19-21H2,(H,33,36)/t28-/m0/s1. The first kappa shape index (κ1) is 26.4. The summed E-state index contributed by atoms with van der Waals surface area (Å²) >= 11 is 9.73. The molecule has 4 rings (SSSR count). The minimum absolute atomic E-state index is 0.0832. The van der Waals surface area contributed by atoms with Crippen LogP contribution >= 0.6 is 27.5 Å². The Bertz CT molecular complexity index is 1160. The fourth-order valence-electron chi connectivity index (χ4n) is 4.85. The van der Waals surface area contributed by atoms with Gasteiger partial charge in [0.05, 0.1) is 6.42 Å². The number of benzene rings is 3. The van der Waals surface area contributed by atoms with E-state index in [1.165, 1.54) is 6.42 Å². The monoisotopic (exact) mass is 566 g/mol. The molecule has 0 spiro atoms. The van der Waals surface area contributed by atoms with Crippen molar-refractivity contribution >= 4 is 39.3 Å². The van der Waals surface area contributed by atoms with Gasteiger partial charge in [-0.05, 0) is 53.8 Å². The van der Waals surface area contributed by atoms with E-state index >= 15 is 0 Å². The number of carbonyl (C=O) groups excluding carboxylic acids is 2. The molecular weight excluding hydrogens is 536 g/mol. The first-order valence-corrected chi connectivity index (χ1v) is 13.8. The first-order chi connectivity index (χ1) is 17.5. The summed E-state index contributed by atoms with van der Waals surface area (Å²) in [5, 5.41) is 3.87. The molecule has 1 atom stereocenters. The highest BCUT2D eigenvalue weighted by atomic mass is 79.9. The van der Waals surface area contributed by atoms with Crippen LogP contribution in [0.4, 0.5) is 0 Å². The number of hydrogen-bond acceptors (Lipinski definition) is 2. The Hall–Kier alpha value is -2.63. The molecule has 3 aromatic carbocycles. The molecule has 2 amide bonds. The van der Waals surface area contributed by atoms with Gasteiger partial charge in [0.2, 0.25) is 11.8 Å². The summed E-state index contributed by atoms with van der Waals surface area (Å²) in [5.74, 6) is -0.183. The van der Waals surface area contributed by atoms with Crippen molar-refractivity contribution in [2.45, 2.75) is 63.6 Å². The fraction of sp³-hybridized carbons (Fsp3) is 0.333. The van der Waals surface area contributed by atoms with Gasteiger partial charge in [-0.3, -0.25) is 9.59 Å². The van der Waals surface area contributed by atoms with Gasteiger partial charge in [-0.15, -0.1) is 0 Å². The minimum Gasteiger partial charge on any atom is -0.352 e. The molecule has 188 valence electrons. The second-order valence-electron chi connectivity index (χ2n) is 9.51. The second-order valence-corrected chi connectivity index (χ2v) is 10.9. The van der Waals surface area contributed by atoms with Gasteiger partial charge in [-0.1, -0.05) is 101 Å². The Morgan fingerprint density at radius 1 is 0.889 bits per heavy atom. The quantitative estimate of drug-likeness (QED) is 0.312. The number of halogens is 2. The molecule has 1 N–H and O–H groups in total. The van der Waals surface area contributed by atoms with Crippen molar-refractivity contribution in [1.82, 2.24) is 10.2 Å². The fourth-order valence-corrected chi connectivity index (χ4v) is 5.51. The van der Waals surface area contributed by atoms with Crippen LogP contribution in [0, 0.1) is 0 Å². The third-order valence-corrected chi connectivity index (χ3v) is 7.44. The lowest BCUT2D eigenvalue weighted by molar-refractivity contribution is -0.141. The van der Waals surface area contributed by atoms with E-state index < -0.39 is 6.04 Å². The third-order valence-electron chi connectivity index (χ3n) is 6.71. The summed E-state index contributed by atoms with van der Waals surface area (Å²) in [7, 11) is 0. The Morgan fingerprint density at radius 2 is 1.58 bits per heavy atom. The number of nitrogens with zero attached hydrogens (tertiary/aromatic N) is 1. The molecule has 0 bridgehead atoms. The van der Waals surface area contributed by atoms with Crippen molar-refractivity contribution in [2.24, 2.45) is 0 Å². The number of amides is 2. The highest BCUT2D eigenvalue weighted by Crippen LogP contribution is 2.22. The van der Waals surface area contributed by atoms with E-state index in [-0.39, 0.29) is 24.3 Å². The lowest BCUT2D eigenvalue weighted by atomic mass is 9.94. The van der Waals surface area contributed by atoms with Gasteiger partial charge in [-0.2, -0.15) is 0 Å². The summed E-state index contributed by atoms with van der Waals surface area (Å²) in [6, 6.07) is 24.7. The molecule has 1 aliphatic carbocycles. The zero-order valence-corrected chi connectivity index (χ0v) is 22.7. The van der Waals surface area contributed by atoms with Gasteiger partial charge in [0.1, 0.15) is 6.04 Å². The molecule has 0 aromatic heterocycles. The largest absolute Gasteiger partial charge is 0.352 e. The lowest BCUT2D eigenvalue weighted by Crippen LogP contribution is -2.53. The van der Waals surface area contributed by atoms with E-state index in [1.807, 2.05) is 72.8 Å². The predicted octanol–water partition coefficient (Wildman–Crippen LogP) is 6.73. The van der Waals surface area contributed by atoms with Gasteiger partial charge in [0.15, 0.2) is 0 Å². The average Bonchev–Trinajstić information content (AvgIpc) is 2.87. The Balaban J connectivity index is 1.65. The highest BCUT2D eigenvalue weighted by Gasteiger charge is 2.32. The number of rotatable bonds is 9. The van der Waals surface area contributed by atoms with Crippen molar-refractivity contribution in [3.05, 3.63) is 105 Å². The van der Waals surface area contributed by atoms with Crippen molar-refractivity contribution < 1.29 is 9.59 Å². The van der Waals surface area contributed by atoms with Crippen LogP contribution in [-0.2, 0) is 29.0 Å². The van der Waals surface area contributed by atoms with Crippen molar-refractivity contribution in [3.63, 3.8) is 0 Å². The molecule has 0 heterocycles. The molecule has 1 saturated carbocycles. The van der Waals surface area contributed by atoms with Crippen LogP contribution in [-0.4, -0.2) is 28.8 Å². The zero-order valence-electron chi connectivity index (χ0n) is 20.3. The molecule has 1 aliphatic rings. The molecule has 6 heteroatoms. The van der Waals surface area contributed by atoms with Crippen LogP contribution in [0.1, 0.15) is 48.8 Å². The molecule has 3 aromatic rings. The van der Waals surface area contributed by atoms with E-state index in [9.17, 15) is 9.59 Å².